The zero-order chi connectivity index (χ0) is 17.1. The summed E-state index contributed by atoms with van der Waals surface area (Å²) in [5.41, 5.74) is 0.741. The van der Waals surface area contributed by atoms with Crippen LogP contribution in [0.3, 0.4) is 0 Å². The molecule has 0 heterocycles. The van der Waals surface area contributed by atoms with Gasteiger partial charge in [-0.15, -0.1) is 0 Å². The molecule has 0 rings (SSSR count). The Morgan fingerprint density at radius 3 is 1.95 bits per heavy atom. The van der Waals surface area contributed by atoms with Crippen LogP contribution in [0.2, 0.25) is 32.7 Å². The first kappa shape index (κ1) is 20.6. The van der Waals surface area contributed by atoms with Gasteiger partial charge in [-0.3, -0.25) is 0 Å². The molecule has 0 saturated carbocycles. The molecular weight excluding hydrogens is 296 g/mol. The molecule has 0 aromatic rings. The van der Waals surface area contributed by atoms with Crippen LogP contribution < -0.4 is 0 Å². The van der Waals surface area contributed by atoms with Gasteiger partial charge in [0.25, 0.3) is 0 Å². The molecule has 0 fully saturated rings. The fourth-order valence-electron chi connectivity index (χ4n) is 2.27. The fourth-order valence-corrected chi connectivity index (χ4v) is 8.11. The van der Waals surface area contributed by atoms with Gasteiger partial charge in [0.1, 0.15) is 5.22 Å². The molecule has 0 aromatic heterocycles. The van der Waals surface area contributed by atoms with Crippen LogP contribution in [0.4, 0.5) is 0 Å². The Morgan fingerprint density at radius 1 is 1.19 bits per heavy atom. The van der Waals surface area contributed by atoms with E-state index in [2.05, 4.69) is 53.2 Å². The van der Waals surface area contributed by atoms with E-state index in [9.17, 15) is 4.79 Å². The summed E-state index contributed by atoms with van der Waals surface area (Å²) in [6.45, 7) is 22.9. The predicted octanol–water partition coefficient (Wildman–Crippen LogP) is 4.69. The molecule has 2 atom stereocenters. The van der Waals surface area contributed by atoms with E-state index in [1.807, 2.05) is 6.92 Å². The van der Waals surface area contributed by atoms with Crippen LogP contribution in [0, 0.1) is 0 Å². The maximum absolute atomic E-state index is 12.0. The highest BCUT2D eigenvalue weighted by molar-refractivity contribution is 6.80. The van der Waals surface area contributed by atoms with E-state index < -0.39 is 21.6 Å². The largest absolute Gasteiger partial charge is 0.457 e. The molecule has 124 valence electrons. The van der Waals surface area contributed by atoms with Crippen molar-refractivity contribution in [2.24, 2.45) is 0 Å². The van der Waals surface area contributed by atoms with Crippen LogP contribution in [0.25, 0.3) is 0 Å². The molecule has 0 radical (unpaired) electrons. The zero-order valence-corrected chi connectivity index (χ0v) is 17.4. The average molecular weight is 331 g/mol. The summed E-state index contributed by atoms with van der Waals surface area (Å²) in [6.07, 6.45) is 1.77. The van der Waals surface area contributed by atoms with Crippen LogP contribution in [0.5, 0.6) is 0 Å². The van der Waals surface area contributed by atoms with Crippen molar-refractivity contribution in [3.05, 3.63) is 12.2 Å². The first-order valence-corrected chi connectivity index (χ1v) is 14.4. The van der Waals surface area contributed by atoms with Gasteiger partial charge in [-0.25, -0.2) is 4.79 Å². The molecule has 5 heteroatoms. The van der Waals surface area contributed by atoms with Crippen molar-refractivity contribution in [3.8, 4) is 0 Å². The Morgan fingerprint density at radius 2 is 1.67 bits per heavy atom. The van der Waals surface area contributed by atoms with Crippen LogP contribution >= 0.6 is 0 Å². The van der Waals surface area contributed by atoms with E-state index in [-0.39, 0.29) is 5.97 Å². The highest BCUT2D eigenvalue weighted by Crippen LogP contribution is 2.33. The summed E-state index contributed by atoms with van der Waals surface area (Å²) in [7, 11) is -3.60. The molecule has 0 N–H and O–H groups in total. The van der Waals surface area contributed by atoms with E-state index >= 15 is 0 Å². The van der Waals surface area contributed by atoms with Crippen molar-refractivity contribution in [1.82, 2.24) is 0 Å². The third kappa shape index (κ3) is 5.38. The van der Waals surface area contributed by atoms with E-state index in [0.717, 1.165) is 12.8 Å². The molecule has 0 saturated heterocycles. The minimum atomic E-state index is -2.21. The second kappa shape index (κ2) is 7.24. The molecule has 21 heavy (non-hydrogen) atoms. The van der Waals surface area contributed by atoms with Crippen molar-refractivity contribution in [2.45, 2.75) is 84.2 Å². The standard InChI is InChI=1S/C16H34O3Si2/c1-11-14(20(6,7)8)19-21(9,10)16(5,12-2)18-15(17)13(3)4/h14H,3,11-12H2,1-2,4-10H3/t14?,16-/m1/s1. The van der Waals surface area contributed by atoms with Gasteiger partial charge in [0.05, 0.1) is 8.07 Å². The second-order valence-corrected chi connectivity index (χ2v) is 17.3. The minimum Gasteiger partial charge on any atom is -0.457 e. The quantitative estimate of drug-likeness (QED) is 0.368. The van der Waals surface area contributed by atoms with E-state index in [1.54, 1.807) is 6.92 Å². The Labute approximate surface area is 133 Å². The number of rotatable bonds is 8. The van der Waals surface area contributed by atoms with Gasteiger partial charge < -0.3 is 9.16 Å². The normalized spacial score (nSPS) is 17.0. The fraction of sp³-hybridized carbons (Fsp3) is 0.812. The first-order chi connectivity index (χ1) is 9.30. The lowest BCUT2D eigenvalue weighted by molar-refractivity contribution is -0.148. The van der Waals surface area contributed by atoms with Crippen LogP contribution in [-0.4, -0.2) is 33.3 Å². The number of ether oxygens (including phenoxy) is 1. The van der Waals surface area contributed by atoms with Crippen molar-refractivity contribution in [1.29, 1.82) is 0 Å². The van der Waals surface area contributed by atoms with E-state index in [0.29, 0.717) is 11.3 Å². The lowest BCUT2D eigenvalue weighted by Crippen LogP contribution is -2.60. The smallest absolute Gasteiger partial charge is 0.333 e. The second-order valence-electron chi connectivity index (χ2n) is 7.65. The van der Waals surface area contributed by atoms with Gasteiger partial charge in [-0.05, 0) is 39.8 Å². The maximum Gasteiger partial charge on any atom is 0.333 e. The van der Waals surface area contributed by atoms with Crippen LogP contribution in [0.15, 0.2) is 12.2 Å². The first-order valence-electron chi connectivity index (χ1n) is 7.87. The summed E-state index contributed by atoms with van der Waals surface area (Å²) in [5, 5.41) is -0.532. The average Bonchev–Trinajstić information content (AvgIpc) is 2.33. The Hall–Kier alpha value is -0.396. The lowest BCUT2D eigenvalue weighted by atomic mass is 10.3. The Kier molecular flexibility index (Phi) is 7.11. The molecule has 0 amide bonds. The monoisotopic (exact) mass is 330 g/mol. The summed E-state index contributed by atoms with van der Waals surface area (Å²) in [4.78, 5) is 12.0. The molecular formula is C16H34O3Si2. The van der Waals surface area contributed by atoms with Gasteiger partial charge >= 0.3 is 5.97 Å². The number of carbonyl (C=O) groups excluding carboxylic acids is 1. The summed E-state index contributed by atoms with van der Waals surface area (Å²) < 4.78 is 12.4. The molecule has 0 aliphatic heterocycles. The molecule has 0 aliphatic rings. The number of hydrogen-bond donors (Lipinski definition) is 0. The summed E-state index contributed by atoms with van der Waals surface area (Å²) in [5.74, 6) is -0.315. The number of hydrogen-bond acceptors (Lipinski definition) is 3. The molecule has 0 bridgehead atoms. The lowest BCUT2D eigenvalue weighted by Gasteiger charge is -2.45. The van der Waals surface area contributed by atoms with Gasteiger partial charge in [0.15, 0.2) is 0 Å². The van der Waals surface area contributed by atoms with Crippen LogP contribution in [-0.2, 0) is 14.0 Å². The third-order valence-electron chi connectivity index (χ3n) is 4.39. The van der Waals surface area contributed by atoms with Crippen molar-refractivity contribution >= 4 is 22.4 Å². The SMILES string of the molecule is C=C(C)C(=O)O[C@@](C)(CC)[Si](C)(C)OC(CC)[Si](C)(C)C. The molecule has 1 unspecified atom stereocenters. The minimum absolute atomic E-state index is 0.300. The Balaban J connectivity index is 5.31. The topological polar surface area (TPSA) is 35.5 Å². The molecule has 0 aromatic carbocycles. The van der Waals surface area contributed by atoms with Gasteiger partial charge in [-0.2, -0.15) is 0 Å². The van der Waals surface area contributed by atoms with Crippen molar-refractivity contribution in [3.63, 3.8) is 0 Å². The summed E-state index contributed by atoms with van der Waals surface area (Å²) in [6, 6.07) is 0. The van der Waals surface area contributed by atoms with Crippen molar-refractivity contribution < 1.29 is 14.0 Å². The predicted molar refractivity (Wildman–Crippen MR) is 95.6 cm³/mol. The third-order valence-corrected chi connectivity index (χ3v) is 11.0. The highest BCUT2D eigenvalue weighted by Gasteiger charge is 2.49. The molecule has 0 spiro atoms. The van der Waals surface area contributed by atoms with E-state index in [4.69, 9.17) is 9.16 Å². The van der Waals surface area contributed by atoms with Crippen LogP contribution in [0.1, 0.15) is 40.5 Å². The highest BCUT2D eigenvalue weighted by atomic mass is 28.4. The molecule has 0 aliphatic carbocycles. The van der Waals surface area contributed by atoms with E-state index in [1.165, 1.54) is 0 Å². The van der Waals surface area contributed by atoms with Gasteiger partial charge in [-0.1, -0.05) is 40.1 Å². The molecule has 3 nitrogen and oxygen atoms in total. The Bertz CT molecular complexity index is 385. The zero-order valence-electron chi connectivity index (χ0n) is 15.4. The van der Waals surface area contributed by atoms with Gasteiger partial charge in [0, 0.05) is 11.3 Å². The summed E-state index contributed by atoms with van der Waals surface area (Å²) >= 11 is 0. The number of esters is 1. The van der Waals surface area contributed by atoms with Gasteiger partial charge in [0.2, 0.25) is 8.32 Å². The van der Waals surface area contributed by atoms with Crippen molar-refractivity contribution in [2.75, 3.05) is 0 Å². The maximum atomic E-state index is 12.0. The number of carbonyl (C=O) groups is 1.